The molecule has 0 atom stereocenters. The third-order valence-corrected chi connectivity index (χ3v) is 7.04. The summed E-state index contributed by atoms with van der Waals surface area (Å²) >= 11 is 0. The van der Waals surface area contributed by atoms with E-state index in [1.165, 1.54) is 16.8 Å². The minimum atomic E-state index is -3.59. The van der Waals surface area contributed by atoms with E-state index in [0.717, 1.165) is 30.1 Å². The summed E-state index contributed by atoms with van der Waals surface area (Å²) in [6.07, 6.45) is 5.27. The molecular formula is C16H20N8O2S. The summed E-state index contributed by atoms with van der Waals surface area (Å²) in [5.74, 6) is 2.18. The number of fused-ring (bicyclic) bond motifs is 1. The van der Waals surface area contributed by atoms with Gasteiger partial charge in [0.05, 0.1) is 12.4 Å². The van der Waals surface area contributed by atoms with Crippen molar-refractivity contribution in [3.63, 3.8) is 0 Å². The van der Waals surface area contributed by atoms with Crippen molar-refractivity contribution in [3.8, 4) is 0 Å². The van der Waals surface area contributed by atoms with Crippen LogP contribution in [0.4, 0.5) is 5.82 Å². The second-order valence-electron chi connectivity index (χ2n) is 7.25. The van der Waals surface area contributed by atoms with E-state index in [1.54, 1.807) is 18.7 Å². The van der Waals surface area contributed by atoms with Gasteiger partial charge in [-0.2, -0.15) is 8.82 Å². The number of aryl methyl sites for hydroxylation is 1. The Morgan fingerprint density at radius 2 is 1.96 bits per heavy atom. The molecule has 1 saturated carbocycles. The number of imidazole rings is 1. The topological polar surface area (TPSA) is 102 Å². The second kappa shape index (κ2) is 5.73. The number of sulfonamides is 1. The molecule has 0 radical (unpaired) electrons. The second-order valence-corrected chi connectivity index (χ2v) is 9.20. The maximum Gasteiger partial charge on any atom is 0.262 e. The van der Waals surface area contributed by atoms with E-state index >= 15 is 0 Å². The molecule has 11 heteroatoms. The molecule has 2 fully saturated rings. The van der Waals surface area contributed by atoms with E-state index in [1.807, 2.05) is 16.6 Å². The molecule has 3 aromatic heterocycles. The number of likely N-dealkylation sites (N-methyl/N-ethyl adjacent to an activating group) is 1. The third-order valence-electron chi connectivity index (χ3n) is 5.24. The van der Waals surface area contributed by atoms with Crippen LogP contribution in [0.5, 0.6) is 0 Å². The molecule has 1 aliphatic heterocycles. The molecule has 4 heterocycles. The molecular weight excluding hydrogens is 368 g/mol. The van der Waals surface area contributed by atoms with E-state index in [2.05, 4.69) is 25.2 Å². The zero-order chi connectivity index (χ0) is 18.8. The maximum atomic E-state index is 12.7. The van der Waals surface area contributed by atoms with Crippen molar-refractivity contribution in [2.45, 2.75) is 29.8 Å². The SMILES string of the molecule is CN(C1CN(c2ccc3nnc(C4CC4)n3n2)C1)S(=O)(=O)c1cn(C)cn1. The summed E-state index contributed by atoms with van der Waals surface area (Å²) in [5.41, 5.74) is 0.743. The van der Waals surface area contributed by atoms with Crippen LogP contribution in [0, 0.1) is 0 Å². The van der Waals surface area contributed by atoms with Crippen LogP contribution in [0.25, 0.3) is 5.65 Å². The number of anilines is 1. The fourth-order valence-electron chi connectivity index (χ4n) is 3.30. The van der Waals surface area contributed by atoms with Crippen molar-refractivity contribution in [1.82, 2.24) is 33.7 Å². The van der Waals surface area contributed by atoms with Crippen LogP contribution < -0.4 is 4.90 Å². The third kappa shape index (κ3) is 2.69. The number of rotatable bonds is 5. The number of hydrogen-bond acceptors (Lipinski definition) is 7. The van der Waals surface area contributed by atoms with E-state index in [-0.39, 0.29) is 11.1 Å². The monoisotopic (exact) mass is 388 g/mol. The average Bonchev–Trinajstić information content (AvgIpc) is 3.20. The standard InChI is InChI=1S/C16H20N8O2S/c1-21-9-15(17-10-21)27(25,26)22(2)12-7-23(8-12)14-6-5-13-18-19-16(11-3-4-11)24(13)20-14/h5-6,9-12H,3-4,7-8H2,1-2H3. The highest BCUT2D eigenvalue weighted by Gasteiger charge is 2.38. The minimum absolute atomic E-state index is 0.0732. The van der Waals surface area contributed by atoms with Crippen molar-refractivity contribution < 1.29 is 8.42 Å². The van der Waals surface area contributed by atoms with Crippen LogP contribution in [0.3, 0.4) is 0 Å². The Morgan fingerprint density at radius 1 is 1.19 bits per heavy atom. The van der Waals surface area contributed by atoms with E-state index in [9.17, 15) is 8.42 Å². The zero-order valence-electron chi connectivity index (χ0n) is 15.1. The first kappa shape index (κ1) is 16.6. The summed E-state index contributed by atoms with van der Waals surface area (Å²) in [6, 6.07) is 3.70. The molecule has 1 aliphatic carbocycles. The van der Waals surface area contributed by atoms with Gasteiger partial charge in [-0.25, -0.2) is 13.4 Å². The summed E-state index contributed by atoms with van der Waals surface area (Å²) in [4.78, 5) is 6.04. The molecule has 0 spiro atoms. The first-order chi connectivity index (χ1) is 12.9. The fourth-order valence-corrected chi connectivity index (χ4v) is 4.60. The fraction of sp³-hybridized carbons (Fsp3) is 0.500. The van der Waals surface area contributed by atoms with Gasteiger partial charge in [-0.3, -0.25) is 0 Å². The molecule has 27 heavy (non-hydrogen) atoms. The lowest BCUT2D eigenvalue weighted by atomic mass is 10.1. The first-order valence-corrected chi connectivity index (χ1v) is 10.3. The van der Waals surface area contributed by atoms with Gasteiger partial charge in [0.15, 0.2) is 16.5 Å². The number of aromatic nitrogens is 6. The van der Waals surface area contributed by atoms with Crippen LogP contribution in [-0.2, 0) is 17.1 Å². The van der Waals surface area contributed by atoms with E-state index in [0.29, 0.717) is 19.0 Å². The van der Waals surface area contributed by atoms with Crippen molar-refractivity contribution in [2.24, 2.45) is 7.05 Å². The van der Waals surface area contributed by atoms with Gasteiger partial charge < -0.3 is 9.47 Å². The molecule has 0 aromatic carbocycles. The van der Waals surface area contributed by atoms with Gasteiger partial charge in [0, 0.05) is 39.3 Å². The van der Waals surface area contributed by atoms with Crippen molar-refractivity contribution in [2.75, 3.05) is 25.0 Å². The Hall–Kier alpha value is -2.53. The normalized spacial score (nSPS) is 18.4. The van der Waals surface area contributed by atoms with Crippen LogP contribution in [0.1, 0.15) is 24.6 Å². The highest BCUT2D eigenvalue weighted by Crippen LogP contribution is 2.39. The van der Waals surface area contributed by atoms with Crippen molar-refractivity contribution >= 4 is 21.5 Å². The molecule has 10 nitrogen and oxygen atoms in total. The largest absolute Gasteiger partial charge is 0.352 e. The summed E-state index contributed by atoms with van der Waals surface area (Å²) in [5, 5.41) is 13.2. The van der Waals surface area contributed by atoms with Crippen LogP contribution in [-0.4, -0.2) is 68.3 Å². The maximum absolute atomic E-state index is 12.7. The molecule has 0 N–H and O–H groups in total. The first-order valence-electron chi connectivity index (χ1n) is 8.87. The highest BCUT2D eigenvalue weighted by atomic mass is 32.2. The Balaban J connectivity index is 1.33. The molecule has 2 aliphatic rings. The Bertz CT molecular complexity index is 1110. The lowest BCUT2D eigenvalue weighted by molar-refractivity contribution is 0.308. The van der Waals surface area contributed by atoms with E-state index in [4.69, 9.17) is 0 Å². The van der Waals surface area contributed by atoms with Crippen LogP contribution >= 0.6 is 0 Å². The lowest BCUT2D eigenvalue weighted by Crippen LogP contribution is -2.60. The molecule has 0 amide bonds. The predicted octanol–water partition coefficient (Wildman–Crippen LogP) is 0.244. The Labute approximate surface area is 156 Å². The van der Waals surface area contributed by atoms with Gasteiger partial charge in [0.1, 0.15) is 5.82 Å². The number of hydrogen-bond donors (Lipinski definition) is 0. The molecule has 3 aromatic rings. The average molecular weight is 388 g/mol. The van der Waals surface area contributed by atoms with Gasteiger partial charge in [-0.05, 0) is 25.0 Å². The lowest BCUT2D eigenvalue weighted by Gasteiger charge is -2.43. The van der Waals surface area contributed by atoms with E-state index < -0.39 is 10.0 Å². The van der Waals surface area contributed by atoms with Gasteiger partial charge in [-0.15, -0.1) is 15.3 Å². The Morgan fingerprint density at radius 3 is 2.63 bits per heavy atom. The van der Waals surface area contributed by atoms with Gasteiger partial charge in [0.25, 0.3) is 10.0 Å². The summed E-state index contributed by atoms with van der Waals surface area (Å²) < 4.78 is 30.2. The number of nitrogens with zero attached hydrogens (tertiary/aromatic N) is 8. The van der Waals surface area contributed by atoms with Gasteiger partial charge in [0.2, 0.25) is 0 Å². The predicted molar refractivity (Wildman–Crippen MR) is 96.9 cm³/mol. The smallest absolute Gasteiger partial charge is 0.262 e. The van der Waals surface area contributed by atoms with Crippen molar-refractivity contribution in [1.29, 1.82) is 0 Å². The van der Waals surface area contributed by atoms with Crippen LogP contribution in [0.2, 0.25) is 0 Å². The van der Waals surface area contributed by atoms with Gasteiger partial charge in [-0.1, -0.05) is 0 Å². The highest BCUT2D eigenvalue weighted by molar-refractivity contribution is 7.89. The van der Waals surface area contributed by atoms with Gasteiger partial charge >= 0.3 is 0 Å². The summed E-state index contributed by atoms with van der Waals surface area (Å²) in [7, 11) is -0.236. The Kier molecular flexibility index (Phi) is 3.53. The molecule has 0 unspecified atom stereocenters. The van der Waals surface area contributed by atoms with Crippen molar-refractivity contribution in [3.05, 3.63) is 30.5 Å². The summed E-state index contributed by atoms with van der Waals surface area (Å²) in [6.45, 7) is 1.17. The van der Waals surface area contributed by atoms with Crippen LogP contribution in [0.15, 0.2) is 29.7 Å². The molecule has 142 valence electrons. The zero-order valence-corrected chi connectivity index (χ0v) is 15.9. The molecule has 0 bridgehead atoms. The molecule has 5 rings (SSSR count). The molecule has 1 saturated heterocycles. The minimum Gasteiger partial charge on any atom is -0.352 e. The quantitative estimate of drug-likeness (QED) is 0.617.